The van der Waals surface area contributed by atoms with Crippen LogP contribution < -0.4 is 0 Å². The highest BCUT2D eigenvalue weighted by atomic mass is 19.3. The van der Waals surface area contributed by atoms with Crippen LogP contribution in [0.25, 0.3) is 0 Å². The molecular weight excluding hydrogens is 402 g/mol. The first-order valence-corrected chi connectivity index (χ1v) is 5.87. The van der Waals surface area contributed by atoms with Gasteiger partial charge in [-0.05, 0) is 0 Å². The van der Waals surface area contributed by atoms with Gasteiger partial charge in [-0.25, -0.2) is 35.1 Å². The van der Waals surface area contributed by atoms with E-state index in [1.54, 1.807) is 0 Å². The molecule has 4 saturated carbocycles. The van der Waals surface area contributed by atoms with E-state index in [-0.39, 0.29) is 0 Å². The first kappa shape index (κ1) is 18.8. The van der Waals surface area contributed by atoms with Crippen LogP contribution in [0, 0.1) is 5.92 Å². The van der Waals surface area contributed by atoms with E-state index < -0.39 is 58.4 Å². The highest BCUT2D eigenvalue weighted by Gasteiger charge is 3.18. The Morgan fingerprint density at radius 3 is 0.960 bits per heavy atom. The molecular formula is C10HF14O. The summed E-state index contributed by atoms with van der Waals surface area (Å²) >= 11 is 0. The Labute approximate surface area is 126 Å². The fraction of sp³-hybridized carbons (Fsp3) is 0.900. The third-order valence-corrected chi connectivity index (χ3v) is 4.88. The van der Waals surface area contributed by atoms with Gasteiger partial charge in [-0.2, -0.15) is 26.3 Å². The molecule has 4 aliphatic carbocycles. The van der Waals surface area contributed by atoms with Crippen molar-refractivity contribution in [1.82, 2.24) is 0 Å². The Morgan fingerprint density at radius 2 is 0.680 bits per heavy atom. The molecule has 4 bridgehead atoms. The molecule has 1 nitrogen and oxygen atoms in total. The van der Waals surface area contributed by atoms with Crippen LogP contribution in [-0.4, -0.2) is 57.6 Å². The summed E-state index contributed by atoms with van der Waals surface area (Å²) in [4.78, 5) is 0. The number of hydrogen-bond donors (Lipinski definition) is 1. The summed E-state index contributed by atoms with van der Waals surface area (Å²) in [5.74, 6) is -48.3. The maximum absolute atomic E-state index is 14.1. The van der Waals surface area contributed by atoms with Gasteiger partial charge in [0.2, 0.25) is 0 Å². The molecule has 4 aliphatic rings. The van der Waals surface area contributed by atoms with Crippen LogP contribution in [0.15, 0.2) is 0 Å². The Balaban J connectivity index is 2.64. The molecule has 3 atom stereocenters. The van der Waals surface area contributed by atoms with Gasteiger partial charge in [0.15, 0.2) is 5.92 Å². The molecule has 15 heteroatoms. The van der Waals surface area contributed by atoms with Crippen molar-refractivity contribution in [2.75, 3.05) is 0 Å². The second kappa shape index (κ2) is 3.54. The van der Waals surface area contributed by atoms with E-state index in [4.69, 9.17) is 5.11 Å². The van der Waals surface area contributed by atoms with Crippen molar-refractivity contribution in [3.05, 3.63) is 5.92 Å². The molecule has 0 aliphatic heterocycles. The Hall–Kier alpha value is -1.02. The monoisotopic (exact) mass is 403 g/mol. The molecule has 25 heavy (non-hydrogen) atoms. The molecule has 0 heterocycles. The molecule has 0 aromatic heterocycles. The zero-order valence-corrected chi connectivity index (χ0v) is 10.7. The van der Waals surface area contributed by atoms with Crippen molar-refractivity contribution in [1.29, 1.82) is 0 Å². The molecule has 0 aromatic rings. The second-order valence-electron chi connectivity index (χ2n) is 5.84. The van der Waals surface area contributed by atoms with Gasteiger partial charge in [-0.3, -0.25) is 0 Å². The lowest BCUT2D eigenvalue weighted by molar-refractivity contribution is -0.561. The summed E-state index contributed by atoms with van der Waals surface area (Å²) in [5.41, 5.74) is -22.0. The molecule has 4 fully saturated rings. The van der Waals surface area contributed by atoms with Gasteiger partial charge >= 0.3 is 46.6 Å². The third-order valence-electron chi connectivity index (χ3n) is 4.88. The average molecular weight is 403 g/mol. The van der Waals surface area contributed by atoms with Crippen molar-refractivity contribution in [3.8, 4) is 0 Å². The van der Waals surface area contributed by atoms with E-state index in [2.05, 4.69) is 0 Å². The summed E-state index contributed by atoms with van der Waals surface area (Å²) in [7, 11) is 0. The molecule has 1 radical (unpaired) electrons. The van der Waals surface area contributed by atoms with Crippen molar-refractivity contribution < 1.29 is 66.6 Å². The van der Waals surface area contributed by atoms with Crippen LogP contribution in [0.2, 0.25) is 0 Å². The molecule has 1 N–H and O–H groups in total. The minimum absolute atomic E-state index is 4.51. The van der Waals surface area contributed by atoms with Gasteiger partial charge < -0.3 is 5.11 Å². The van der Waals surface area contributed by atoms with Crippen molar-refractivity contribution in [3.63, 3.8) is 0 Å². The van der Waals surface area contributed by atoms with E-state index in [0.29, 0.717) is 0 Å². The number of hydrogen-bond acceptors (Lipinski definition) is 1. The number of rotatable bonds is 0. The summed E-state index contributed by atoms with van der Waals surface area (Å²) in [6.45, 7) is 0. The number of aliphatic hydroxyl groups is 1. The predicted molar refractivity (Wildman–Crippen MR) is 45.6 cm³/mol. The normalized spacial score (nSPS) is 53.9. The highest BCUT2D eigenvalue weighted by Crippen LogP contribution is 2.87. The molecule has 145 valence electrons. The van der Waals surface area contributed by atoms with Crippen molar-refractivity contribution in [2.24, 2.45) is 0 Å². The zero-order valence-electron chi connectivity index (χ0n) is 10.7. The summed E-state index contributed by atoms with van der Waals surface area (Å²) in [6.07, 6.45) is 0. The second-order valence-corrected chi connectivity index (χ2v) is 5.84. The minimum atomic E-state index is -7.62. The first-order valence-electron chi connectivity index (χ1n) is 5.87. The van der Waals surface area contributed by atoms with E-state index in [1.807, 2.05) is 0 Å². The molecule has 0 saturated heterocycles. The lowest BCUT2D eigenvalue weighted by Crippen LogP contribution is -3.04. The zero-order chi connectivity index (χ0) is 20.1. The molecule has 0 aromatic carbocycles. The van der Waals surface area contributed by atoms with Crippen molar-refractivity contribution >= 4 is 0 Å². The van der Waals surface area contributed by atoms with Gasteiger partial charge in [-0.15, -0.1) is 0 Å². The Kier molecular flexibility index (Phi) is 2.66. The lowest BCUT2D eigenvalue weighted by atomic mass is 9.41. The van der Waals surface area contributed by atoms with E-state index in [9.17, 15) is 61.5 Å². The molecule has 4 rings (SSSR count). The largest absolute Gasteiger partial charge is 0.358 e. The van der Waals surface area contributed by atoms with Crippen LogP contribution in [0.5, 0.6) is 0 Å². The van der Waals surface area contributed by atoms with E-state index >= 15 is 0 Å². The number of alkyl halides is 14. The maximum atomic E-state index is 14.1. The van der Waals surface area contributed by atoms with E-state index in [0.717, 1.165) is 0 Å². The Bertz CT molecular complexity index is 556. The van der Waals surface area contributed by atoms with Gasteiger partial charge in [0.05, 0.1) is 0 Å². The summed E-state index contributed by atoms with van der Waals surface area (Å²) in [6, 6.07) is 0. The molecule has 0 spiro atoms. The van der Waals surface area contributed by atoms with E-state index in [1.165, 1.54) is 0 Å². The Morgan fingerprint density at radius 1 is 0.440 bits per heavy atom. The van der Waals surface area contributed by atoms with Gasteiger partial charge in [0.1, 0.15) is 0 Å². The van der Waals surface area contributed by atoms with Crippen LogP contribution >= 0.6 is 0 Å². The third kappa shape index (κ3) is 1.05. The highest BCUT2D eigenvalue weighted by molar-refractivity contribution is 5.57. The first-order chi connectivity index (χ1) is 10.6. The molecule has 3 unspecified atom stereocenters. The average Bonchev–Trinajstić information content (AvgIpc) is 2.38. The topological polar surface area (TPSA) is 20.2 Å². The maximum Gasteiger partial charge on any atom is 0.339 e. The van der Waals surface area contributed by atoms with Crippen LogP contribution in [0.1, 0.15) is 0 Å². The van der Waals surface area contributed by atoms with Gasteiger partial charge in [0, 0.05) is 0 Å². The van der Waals surface area contributed by atoms with Gasteiger partial charge in [0.25, 0.3) is 5.85 Å². The molecule has 0 amide bonds. The van der Waals surface area contributed by atoms with Crippen molar-refractivity contribution in [2.45, 2.75) is 52.5 Å². The summed E-state index contributed by atoms with van der Waals surface area (Å²) < 4.78 is 192. The fourth-order valence-corrected chi connectivity index (χ4v) is 3.64. The van der Waals surface area contributed by atoms with Crippen LogP contribution in [0.4, 0.5) is 61.5 Å². The summed E-state index contributed by atoms with van der Waals surface area (Å²) in [5, 5.41) is 8.72. The standard InChI is InChI=1S/C10HF14O/c11-2(12)1-3(13,14)6(17)8(19,20)5(2,16)9(21,22)7(18,4(1,15)25)10(6,23)24/h25H. The smallest absolute Gasteiger partial charge is 0.339 e. The van der Waals surface area contributed by atoms with Crippen LogP contribution in [0.3, 0.4) is 0 Å². The fourth-order valence-electron chi connectivity index (χ4n) is 3.64. The number of halogens is 14. The lowest BCUT2D eigenvalue weighted by Gasteiger charge is -2.71. The predicted octanol–water partition coefficient (Wildman–Crippen LogP) is 3.56. The van der Waals surface area contributed by atoms with Crippen LogP contribution in [-0.2, 0) is 0 Å². The van der Waals surface area contributed by atoms with Gasteiger partial charge in [-0.1, -0.05) is 0 Å². The minimum Gasteiger partial charge on any atom is -0.358 e. The quantitative estimate of drug-likeness (QED) is 0.614. The SMILES string of the molecule is OC1(F)[C]2C(F)(F)C3(F)C(F)(F)C1(F)C(F)(F)C(F)(C2(F)F)C3(F)F.